The molecule has 0 aliphatic rings. The molecule has 2 aromatic heterocycles. The van der Waals surface area contributed by atoms with Crippen LogP contribution in [0.15, 0.2) is 12.5 Å². The van der Waals surface area contributed by atoms with Gasteiger partial charge in [0, 0.05) is 0 Å². The van der Waals surface area contributed by atoms with Gasteiger partial charge in [-0.05, 0) is 0 Å². The summed E-state index contributed by atoms with van der Waals surface area (Å²) in [6.45, 7) is 0. The quantitative estimate of drug-likeness (QED) is 0.379. The van der Waals surface area contributed by atoms with E-state index in [-0.39, 0.29) is 11.6 Å². The first kappa shape index (κ1) is 5.90. The molecule has 0 radical (unpaired) electrons. The number of H-pyrrole nitrogens is 1. The van der Waals surface area contributed by atoms with Crippen molar-refractivity contribution in [2.45, 2.75) is 0 Å². The van der Waals surface area contributed by atoms with Gasteiger partial charge in [-0.25, -0.2) is 9.71 Å². The fourth-order valence-corrected chi connectivity index (χ4v) is 0.845. The number of fused-ring (bicyclic) bond motifs is 1. The van der Waals surface area contributed by atoms with Crippen LogP contribution in [0.25, 0.3) is 11.2 Å². The van der Waals surface area contributed by atoms with Crippen molar-refractivity contribution in [2.24, 2.45) is 0 Å². The Morgan fingerprint density at radius 3 is 3.27 bits per heavy atom. The first-order chi connectivity index (χ1) is 5.27. The number of aromatic nitrogens is 4. The zero-order chi connectivity index (χ0) is 7.84. The van der Waals surface area contributed by atoms with E-state index >= 15 is 0 Å². The minimum Gasteiger partial charge on any atom is -0.740 e. The van der Waals surface area contributed by atoms with E-state index in [1.807, 2.05) is 0 Å². The largest absolute Gasteiger partial charge is 0.740 e. The van der Waals surface area contributed by atoms with Gasteiger partial charge in [0.05, 0.1) is 6.20 Å². The van der Waals surface area contributed by atoms with Gasteiger partial charge in [0.1, 0.15) is 0 Å². The summed E-state index contributed by atoms with van der Waals surface area (Å²) in [6, 6.07) is 0. The average Bonchev–Trinajstić information content (AvgIpc) is 2.33. The van der Waals surface area contributed by atoms with Crippen molar-refractivity contribution in [3.63, 3.8) is 0 Å². The summed E-state index contributed by atoms with van der Waals surface area (Å²) in [4.78, 5) is 10.1. The van der Waals surface area contributed by atoms with Crippen molar-refractivity contribution >= 4 is 17.1 Å². The van der Waals surface area contributed by atoms with Crippen LogP contribution in [0, 0.1) is 5.21 Å². The van der Waals surface area contributed by atoms with Crippen LogP contribution in [0.4, 0.5) is 5.95 Å². The smallest absolute Gasteiger partial charge is 0.307 e. The summed E-state index contributed by atoms with van der Waals surface area (Å²) in [6.07, 6.45) is 2.71. The van der Waals surface area contributed by atoms with Gasteiger partial charge < -0.3 is 10.9 Å². The zero-order valence-corrected chi connectivity index (χ0v) is 5.48. The minimum absolute atomic E-state index is 0.0988. The highest BCUT2D eigenvalue weighted by atomic mass is 16.5. The highest BCUT2D eigenvalue weighted by molar-refractivity contribution is 5.65. The standard InChI is InChI=1S/C5H5N5O/c6-5-7-1-3-4(9-5)10(11)2-8-3/h1-2,8H,(H2,6,7,9). The van der Waals surface area contributed by atoms with Crippen molar-refractivity contribution in [3.8, 4) is 0 Å². The maximum atomic E-state index is 10.9. The Hall–Kier alpha value is -1.85. The molecule has 2 heterocycles. The Kier molecular flexibility index (Phi) is 0.974. The lowest BCUT2D eigenvalue weighted by Gasteiger charge is -1.94. The third kappa shape index (κ3) is 0.759. The van der Waals surface area contributed by atoms with E-state index in [4.69, 9.17) is 5.73 Å². The second-order valence-electron chi connectivity index (χ2n) is 2.06. The highest BCUT2D eigenvalue weighted by Crippen LogP contribution is 2.02. The molecular weight excluding hydrogens is 146 g/mol. The summed E-state index contributed by atoms with van der Waals surface area (Å²) >= 11 is 0. The Balaban J connectivity index is 2.87. The van der Waals surface area contributed by atoms with Gasteiger partial charge in [0.25, 0.3) is 5.95 Å². The molecule has 0 unspecified atom stereocenters. The molecular formula is C5H5N5O. The fourth-order valence-electron chi connectivity index (χ4n) is 0.845. The molecule has 0 saturated carbocycles. The fraction of sp³-hybridized carbons (Fsp3) is 0. The van der Waals surface area contributed by atoms with Gasteiger partial charge in [0.2, 0.25) is 0 Å². The molecule has 6 heteroatoms. The Morgan fingerprint density at radius 1 is 1.64 bits per heavy atom. The van der Waals surface area contributed by atoms with Gasteiger partial charge in [-0.15, -0.1) is 0 Å². The van der Waals surface area contributed by atoms with Gasteiger partial charge in [-0.3, -0.25) is 4.98 Å². The summed E-state index contributed by atoms with van der Waals surface area (Å²) < 4.78 is 0.605. The number of nitrogen functional groups attached to an aromatic ring is 1. The van der Waals surface area contributed by atoms with Crippen molar-refractivity contribution in [3.05, 3.63) is 17.7 Å². The number of nitrogens with two attached hydrogens (primary N) is 1. The third-order valence-electron chi connectivity index (χ3n) is 1.33. The van der Waals surface area contributed by atoms with E-state index < -0.39 is 0 Å². The monoisotopic (exact) mass is 151 g/mol. The Morgan fingerprint density at radius 2 is 2.45 bits per heavy atom. The first-order valence-corrected chi connectivity index (χ1v) is 2.96. The zero-order valence-electron chi connectivity index (χ0n) is 5.48. The predicted molar refractivity (Wildman–Crippen MR) is 37.3 cm³/mol. The maximum absolute atomic E-state index is 10.9. The topological polar surface area (TPSA) is 94.5 Å². The van der Waals surface area contributed by atoms with Crippen LogP contribution in [0.3, 0.4) is 0 Å². The predicted octanol–water partition coefficient (Wildman–Crippen LogP) is -0.827. The lowest BCUT2D eigenvalue weighted by molar-refractivity contribution is -0.578. The normalized spacial score (nSPS) is 10.5. The second-order valence-corrected chi connectivity index (χ2v) is 2.06. The molecule has 2 aromatic rings. The van der Waals surface area contributed by atoms with E-state index in [1.54, 1.807) is 0 Å². The molecule has 0 saturated heterocycles. The van der Waals surface area contributed by atoms with Gasteiger partial charge in [-0.1, -0.05) is 4.98 Å². The molecule has 0 aliphatic carbocycles. The van der Waals surface area contributed by atoms with Crippen molar-refractivity contribution in [2.75, 3.05) is 5.73 Å². The second kappa shape index (κ2) is 1.82. The highest BCUT2D eigenvalue weighted by Gasteiger charge is 2.06. The van der Waals surface area contributed by atoms with E-state index in [2.05, 4.69) is 15.0 Å². The lowest BCUT2D eigenvalue weighted by atomic mass is 10.6. The van der Waals surface area contributed by atoms with Gasteiger partial charge in [0.15, 0.2) is 11.8 Å². The molecule has 3 N–H and O–H groups in total. The Labute approximate surface area is 61.3 Å². The van der Waals surface area contributed by atoms with Gasteiger partial charge >= 0.3 is 5.65 Å². The number of anilines is 1. The average molecular weight is 151 g/mol. The van der Waals surface area contributed by atoms with Crippen LogP contribution in [-0.4, -0.2) is 15.0 Å². The maximum Gasteiger partial charge on any atom is 0.307 e. The van der Waals surface area contributed by atoms with E-state index in [0.29, 0.717) is 10.2 Å². The van der Waals surface area contributed by atoms with Crippen LogP contribution in [0.1, 0.15) is 0 Å². The van der Waals surface area contributed by atoms with Crippen LogP contribution < -0.4 is 10.5 Å². The third-order valence-corrected chi connectivity index (χ3v) is 1.33. The molecule has 2 rings (SSSR count). The number of nitrogens with one attached hydrogen (secondary N) is 1. The van der Waals surface area contributed by atoms with E-state index in [1.165, 1.54) is 12.5 Å². The SMILES string of the molecule is Nc1ncc2[nH]c[n+]([O-])c2n1. The molecule has 6 nitrogen and oxygen atoms in total. The molecule has 0 aliphatic heterocycles. The molecule has 0 spiro atoms. The van der Waals surface area contributed by atoms with Crippen LogP contribution in [-0.2, 0) is 0 Å². The first-order valence-electron chi connectivity index (χ1n) is 2.96. The number of aromatic amines is 1. The van der Waals surface area contributed by atoms with Crippen LogP contribution in [0.2, 0.25) is 0 Å². The summed E-state index contributed by atoms with van der Waals surface area (Å²) in [5, 5.41) is 10.9. The number of rotatable bonds is 0. The van der Waals surface area contributed by atoms with Gasteiger partial charge in [-0.2, -0.15) is 0 Å². The van der Waals surface area contributed by atoms with E-state index in [9.17, 15) is 5.21 Å². The molecule has 11 heavy (non-hydrogen) atoms. The van der Waals surface area contributed by atoms with Crippen molar-refractivity contribution in [1.82, 2.24) is 15.0 Å². The summed E-state index contributed by atoms with van der Waals surface area (Å²) in [5.74, 6) is 0.0988. The van der Waals surface area contributed by atoms with Crippen molar-refractivity contribution in [1.29, 1.82) is 0 Å². The Bertz CT molecular complexity index is 395. The molecule has 0 bridgehead atoms. The van der Waals surface area contributed by atoms with Crippen LogP contribution in [0.5, 0.6) is 0 Å². The molecule has 0 aromatic carbocycles. The number of imidazole rings is 1. The molecule has 56 valence electrons. The van der Waals surface area contributed by atoms with E-state index in [0.717, 1.165) is 0 Å². The number of hydrogen-bond acceptors (Lipinski definition) is 4. The molecule has 0 fully saturated rings. The van der Waals surface area contributed by atoms with Crippen molar-refractivity contribution < 1.29 is 4.73 Å². The van der Waals surface area contributed by atoms with Crippen LogP contribution >= 0.6 is 0 Å². The number of hydrogen-bond donors (Lipinski definition) is 2. The summed E-state index contributed by atoms with van der Waals surface area (Å²) in [7, 11) is 0. The molecule has 0 atom stereocenters. The molecule has 0 amide bonds. The minimum atomic E-state index is 0.0988. The lowest BCUT2D eigenvalue weighted by Crippen LogP contribution is -2.23. The summed E-state index contributed by atoms with van der Waals surface area (Å²) in [5.41, 5.74) is 6.10. The number of nitrogens with zero attached hydrogens (tertiary/aromatic N) is 3.